The summed E-state index contributed by atoms with van der Waals surface area (Å²) in [5, 5.41) is 3.39. The number of para-hydroxylation sites is 4. The second kappa shape index (κ2) is 12.1. The molecular weight excluding hydrogens is 643 g/mol. The third-order valence-corrected chi connectivity index (χ3v) is 10.9. The molecule has 1 spiro atoms. The van der Waals surface area contributed by atoms with Gasteiger partial charge in [-0.1, -0.05) is 152 Å². The third-order valence-electron chi connectivity index (χ3n) is 10.9. The van der Waals surface area contributed by atoms with Crippen molar-refractivity contribution in [2.24, 2.45) is 0 Å². The minimum absolute atomic E-state index is 0.622. The second-order valence-corrected chi connectivity index (χ2v) is 13.7. The zero-order valence-electron chi connectivity index (χ0n) is 29.4. The zero-order valence-corrected chi connectivity index (χ0v) is 29.4. The number of hydrogen-bond acceptors (Lipinski definition) is 3. The largest absolute Gasteiger partial charge is 0.310 e. The predicted molar refractivity (Wildman–Crippen MR) is 221 cm³/mol. The Labute approximate surface area is 309 Å². The van der Waals surface area contributed by atoms with Gasteiger partial charge in [0.2, 0.25) is 0 Å². The first kappa shape index (κ1) is 30.9. The second-order valence-electron chi connectivity index (χ2n) is 13.7. The SMILES string of the molecule is C=C(C1=C(/C=C\C)c2ccccc2C12c1ccccc1N(c1ccccc1)c1ccccc12)c1nc(-c2ccc3ccccc3c2)c2ccccc2n1. The molecule has 0 saturated carbocycles. The summed E-state index contributed by atoms with van der Waals surface area (Å²) in [7, 11) is 0. The average Bonchev–Trinajstić information content (AvgIpc) is 3.50. The summed E-state index contributed by atoms with van der Waals surface area (Å²) >= 11 is 0. The van der Waals surface area contributed by atoms with Crippen LogP contribution in [0.15, 0.2) is 194 Å². The topological polar surface area (TPSA) is 29.0 Å². The van der Waals surface area contributed by atoms with Crippen molar-refractivity contribution in [2.45, 2.75) is 12.3 Å². The van der Waals surface area contributed by atoms with Crippen molar-refractivity contribution in [1.82, 2.24) is 9.97 Å². The Morgan fingerprint density at radius 3 is 1.98 bits per heavy atom. The van der Waals surface area contributed by atoms with Crippen LogP contribution in [0.2, 0.25) is 0 Å². The molecule has 10 rings (SSSR count). The van der Waals surface area contributed by atoms with Gasteiger partial charge < -0.3 is 4.90 Å². The molecule has 0 bridgehead atoms. The molecule has 1 aliphatic heterocycles. The van der Waals surface area contributed by atoms with Crippen LogP contribution in [0.25, 0.3) is 44.1 Å². The molecule has 1 aromatic heterocycles. The Kier molecular flexibility index (Phi) is 7.09. The highest BCUT2D eigenvalue weighted by Crippen LogP contribution is 2.64. The average molecular weight is 678 g/mol. The van der Waals surface area contributed by atoms with E-state index < -0.39 is 5.41 Å². The summed E-state index contributed by atoms with van der Waals surface area (Å²) in [4.78, 5) is 13.2. The van der Waals surface area contributed by atoms with Crippen LogP contribution in [0.5, 0.6) is 0 Å². The van der Waals surface area contributed by atoms with Crippen LogP contribution in [0.3, 0.4) is 0 Å². The molecule has 3 nitrogen and oxygen atoms in total. The molecule has 2 heterocycles. The van der Waals surface area contributed by atoms with Crippen LogP contribution in [0.1, 0.15) is 35.0 Å². The van der Waals surface area contributed by atoms with E-state index in [4.69, 9.17) is 16.5 Å². The molecule has 53 heavy (non-hydrogen) atoms. The van der Waals surface area contributed by atoms with Gasteiger partial charge in [0.05, 0.1) is 28.0 Å². The molecule has 7 aromatic carbocycles. The molecule has 250 valence electrons. The van der Waals surface area contributed by atoms with Crippen molar-refractivity contribution in [3.8, 4) is 11.3 Å². The summed E-state index contributed by atoms with van der Waals surface area (Å²) in [6, 6.07) is 60.6. The van der Waals surface area contributed by atoms with Gasteiger partial charge in [-0.2, -0.15) is 0 Å². The number of aromatic nitrogens is 2. The summed E-state index contributed by atoms with van der Waals surface area (Å²) in [6.07, 6.45) is 4.38. The van der Waals surface area contributed by atoms with Gasteiger partial charge in [-0.05, 0) is 87.5 Å². The Morgan fingerprint density at radius 2 is 1.23 bits per heavy atom. The molecule has 0 fully saturated rings. The lowest BCUT2D eigenvalue weighted by atomic mass is 9.62. The molecule has 3 heteroatoms. The van der Waals surface area contributed by atoms with E-state index in [2.05, 4.69) is 194 Å². The van der Waals surface area contributed by atoms with Gasteiger partial charge in [0.1, 0.15) is 0 Å². The quantitative estimate of drug-likeness (QED) is 0.182. The lowest BCUT2D eigenvalue weighted by Gasteiger charge is -2.46. The Balaban J connectivity index is 1.28. The Hall–Kier alpha value is -6.84. The highest BCUT2D eigenvalue weighted by atomic mass is 15.2. The van der Waals surface area contributed by atoms with E-state index in [1.807, 2.05) is 0 Å². The van der Waals surface area contributed by atoms with Gasteiger partial charge in [-0.25, -0.2) is 9.97 Å². The predicted octanol–water partition coefficient (Wildman–Crippen LogP) is 12.6. The van der Waals surface area contributed by atoms with Crippen molar-refractivity contribution in [3.63, 3.8) is 0 Å². The molecule has 0 unspecified atom stereocenters. The zero-order chi connectivity index (χ0) is 35.5. The fourth-order valence-electron chi connectivity index (χ4n) is 8.79. The van der Waals surface area contributed by atoms with E-state index in [-0.39, 0.29) is 0 Å². The number of allylic oxidation sites excluding steroid dienone is 5. The van der Waals surface area contributed by atoms with Crippen LogP contribution in [-0.2, 0) is 5.41 Å². The number of fused-ring (bicyclic) bond motifs is 8. The highest BCUT2D eigenvalue weighted by Gasteiger charge is 2.53. The van der Waals surface area contributed by atoms with Crippen LogP contribution < -0.4 is 4.90 Å². The van der Waals surface area contributed by atoms with Crippen LogP contribution in [0.4, 0.5) is 17.1 Å². The molecule has 0 N–H and O–H groups in total. The van der Waals surface area contributed by atoms with Crippen molar-refractivity contribution >= 4 is 49.9 Å². The molecule has 0 amide bonds. The van der Waals surface area contributed by atoms with Crippen LogP contribution >= 0.6 is 0 Å². The first-order valence-electron chi connectivity index (χ1n) is 18.2. The van der Waals surface area contributed by atoms with Crippen LogP contribution in [-0.4, -0.2) is 9.97 Å². The monoisotopic (exact) mass is 677 g/mol. The normalized spacial score (nSPS) is 14.2. The van der Waals surface area contributed by atoms with Gasteiger partial charge >= 0.3 is 0 Å². The van der Waals surface area contributed by atoms with Gasteiger partial charge in [0, 0.05) is 22.2 Å². The number of nitrogens with zero attached hydrogens (tertiary/aromatic N) is 3. The first-order valence-corrected chi connectivity index (χ1v) is 18.2. The van der Waals surface area contributed by atoms with E-state index in [1.165, 1.54) is 33.0 Å². The van der Waals surface area contributed by atoms with Crippen LogP contribution in [0, 0.1) is 0 Å². The Morgan fingerprint density at radius 1 is 0.604 bits per heavy atom. The highest BCUT2D eigenvalue weighted by molar-refractivity contribution is 6.06. The van der Waals surface area contributed by atoms with E-state index in [9.17, 15) is 0 Å². The van der Waals surface area contributed by atoms with E-state index in [1.54, 1.807) is 0 Å². The van der Waals surface area contributed by atoms with Crippen molar-refractivity contribution in [3.05, 3.63) is 222 Å². The van der Waals surface area contributed by atoms with Gasteiger partial charge in [-0.3, -0.25) is 0 Å². The van der Waals surface area contributed by atoms with Crippen molar-refractivity contribution in [1.29, 1.82) is 0 Å². The molecule has 0 radical (unpaired) electrons. The van der Waals surface area contributed by atoms with Gasteiger partial charge in [-0.15, -0.1) is 0 Å². The van der Waals surface area contributed by atoms with E-state index in [0.717, 1.165) is 55.9 Å². The number of benzene rings is 7. The molecule has 0 saturated heterocycles. The molecular formula is C50H35N3. The lowest BCUT2D eigenvalue weighted by molar-refractivity contribution is 0.749. The smallest absolute Gasteiger partial charge is 0.160 e. The first-order chi connectivity index (χ1) is 26.2. The Bertz CT molecular complexity index is 2780. The molecule has 0 atom stereocenters. The standard InChI is InChI=1S/C50H35N3/c1-3-17-39-38-22-9-11-24-41(38)50(42-25-12-15-28-45(42)53(37-20-5-4-6-21-37)46-29-16-13-26-43(46)50)47(39)33(2)49-51-44-27-14-10-23-40(44)48(52-49)36-31-30-34-18-7-8-19-35(34)32-36/h3-32H,2H2,1H3/b17-3-. The maximum atomic E-state index is 5.45. The van der Waals surface area contributed by atoms with Crippen molar-refractivity contribution < 1.29 is 0 Å². The van der Waals surface area contributed by atoms with E-state index in [0.29, 0.717) is 5.82 Å². The fourth-order valence-corrected chi connectivity index (χ4v) is 8.79. The maximum absolute atomic E-state index is 5.45. The third kappa shape index (κ3) is 4.54. The summed E-state index contributed by atoms with van der Waals surface area (Å²) < 4.78 is 0. The minimum Gasteiger partial charge on any atom is -0.310 e. The molecule has 2 aliphatic rings. The lowest BCUT2D eigenvalue weighted by Crippen LogP contribution is -2.37. The minimum atomic E-state index is -0.695. The number of hydrogen-bond donors (Lipinski definition) is 0. The number of rotatable bonds is 5. The van der Waals surface area contributed by atoms with Crippen molar-refractivity contribution in [2.75, 3.05) is 4.90 Å². The fraction of sp³-hybridized carbons (Fsp3) is 0.0400. The summed E-state index contributed by atoms with van der Waals surface area (Å²) in [6.45, 7) is 7.04. The van der Waals surface area contributed by atoms with Gasteiger partial charge in [0.15, 0.2) is 5.82 Å². The summed E-state index contributed by atoms with van der Waals surface area (Å²) in [5.74, 6) is 0.622. The molecule has 8 aromatic rings. The maximum Gasteiger partial charge on any atom is 0.160 e. The van der Waals surface area contributed by atoms with Gasteiger partial charge in [0.25, 0.3) is 0 Å². The van der Waals surface area contributed by atoms with E-state index >= 15 is 0 Å². The summed E-state index contributed by atoms with van der Waals surface area (Å²) in [5.41, 5.74) is 13.4. The number of anilines is 3. The molecule has 1 aliphatic carbocycles.